The number of carboxylic acids is 1. The van der Waals surface area contributed by atoms with Crippen LogP contribution in [0.1, 0.15) is 28.0 Å². The average molecular weight is 337 g/mol. The number of aliphatic carboxylic acids is 1. The summed E-state index contributed by atoms with van der Waals surface area (Å²) in [5.41, 5.74) is 2.75. The van der Waals surface area contributed by atoms with Gasteiger partial charge in [-0.25, -0.2) is 4.39 Å². The van der Waals surface area contributed by atoms with Crippen molar-refractivity contribution in [1.29, 1.82) is 0 Å². The molecule has 3 aromatic rings. The number of benzene rings is 2. The predicted octanol–water partition coefficient (Wildman–Crippen LogP) is 3.66. The van der Waals surface area contributed by atoms with Gasteiger partial charge in [-0.2, -0.15) is 0 Å². The molecule has 5 heteroatoms. The van der Waals surface area contributed by atoms with Crippen LogP contribution in [0.15, 0.2) is 48.5 Å². The zero-order valence-electron chi connectivity index (χ0n) is 13.4. The average Bonchev–Trinajstić information content (AvgIpc) is 2.94. The maximum atomic E-state index is 13.8. The van der Waals surface area contributed by atoms with Crippen LogP contribution in [-0.4, -0.2) is 21.6 Å². The minimum absolute atomic E-state index is 0.174. The lowest BCUT2D eigenvalue weighted by molar-refractivity contribution is -0.142. The van der Waals surface area contributed by atoms with Crippen LogP contribution >= 0.6 is 0 Å². The fourth-order valence-corrected chi connectivity index (χ4v) is 3.68. The van der Waals surface area contributed by atoms with Crippen molar-refractivity contribution >= 4 is 22.8 Å². The van der Waals surface area contributed by atoms with Crippen molar-refractivity contribution in [2.45, 2.75) is 19.3 Å². The fraction of sp³-hybridized carbons (Fsp3) is 0.200. The topological polar surface area (TPSA) is 59.3 Å². The first-order chi connectivity index (χ1) is 12.1. The molecule has 0 fully saturated rings. The van der Waals surface area contributed by atoms with E-state index < -0.39 is 17.7 Å². The van der Waals surface area contributed by atoms with E-state index in [0.29, 0.717) is 35.7 Å². The van der Waals surface area contributed by atoms with Crippen molar-refractivity contribution in [3.63, 3.8) is 0 Å². The summed E-state index contributed by atoms with van der Waals surface area (Å²) in [4.78, 5) is 24.4. The number of halogens is 1. The molecule has 0 amide bonds. The number of hydrogen-bond donors (Lipinski definition) is 1. The second-order valence-electron chi connectivity index (χ2n) is 6.37. The minimum atomic E-state index is -0.850. The normalized spacial score (nSPS) is 16.6. The van der Waals surface area contributed by atoms with Crippen molar-refractivity contribution in [2.75, 3.05) is 0 Å². The van der Waals surface area contributed by atoms with Gasteiger partial charge in [-0.3, -0.25) is 14.2 Å². The van der Waals surface area contributed by atoms with E-state index in [2.05, 4.69) is 0 Å². The SMILES string of the molecule is O=C(O)C1CCc2c(c3cc(F)ccc3n2C(=O)c2ccccc2)C1. The quantitative estimate of drug-likeness (QED) is 0.776. The molecule has 25 heavy (non-hydrogen) atoms. The van der Waals surface area contributed by atoms with Gasteiger partial charge in [0.05, 0.1) is 11.4 Å². The minimum Gasteiger partial charge on any atom is -0.481 e. The van der Waals surface area contributed by atoms with E-state index in [9.17, 15) is 19.1 Å². The summed E-state index contributed by atoms with van der Waals surface area (Å²) < 4.78 is 15.4. The van der Waals surface area contributed by atoms with Crippen LogP contribution in [0.25, 0.3) is 10.9 Å². The first-order valence-corrected chi connectivity index (χ1v) is 8.20. The monoisotopic (exact) mass is 337 g/mol. The Morgan fingerprint density at radius 2 is 1.88 bits per heavy atom. The highest BCUT2D eigenvalue weighted by atomic mass is 19.1. The van der Waals surface area contributed by atoms with Gasteiger partial charge in [0, 0.05) is 16.6 Å². The lowest BCUT2D eigenvalue weighted by Gasteiger charge is -2.20. The smallest absolute Gasteiger partial charge is 0.306 e. The van der Waals surface area contributed by atoms with E-state index in [1.165, 1.54) is 12.1 Å². The van der Waals surface area contributed by atoms with Crippen LogP contribution < -0.4 is 0 Å². The van der Waals surface area contributed by atoms with E-state index in [4.69, 9.17) is 0 Å². The molecular formula is C20H16FNO3. The molecule has 0 bridgehead atoms. The maximum absolute atomic E-state index is 13.8. The Bertz CT molecular complexity index is 991. The van der Waals surface area contributed by atoms with Gasteiger partial charge in [0.15, 0.2) is 0 Å². The van der Waals surface area contributed by atoms with Crippen LogP contribution in [0.5, 0.6) is 0 Å². The molecule has 1 N–H and O–H groups in total. The Balaban J connectivity index is 1.94. The standard InChI is InChI=1S/C20H16FNO3/c21-14-7-9-18-16(11-14)15-10-13(20(24)25)6-8-17(15)22(18)19(23)12-4-2-1-3-5-12/h1-5,7,9,11,13H,6,8,10H2,(H,24,25). The number of nitrogens with zero attached hydrogens (tertiary/aromatic N) is 1. The van der Waals surface area contributed by atoms with E-state index >= 15 is 0 Å². The Kier molecular flexibility index (Phi) is 3.64. The molecule has 1 aliphatic rings. The fourth-order valence-electron chi connectivity index (χ4n) is 3.68. The number of hydrogen-bond acceptors (Lipinski definition) is 2. The van der Waals surface area contributed by atoms with Gasteiger partial charge < -0.3 is 5.11 Å². The molecule has 1 atom stereocenters. The zero-order valence-corrected chi connectivity index (χ0v) is 13.4. The number of aromatic nitrogens is 1. The van der Waals surface area contributed by atoms with Gasteiger partial charge in [-0.05, 0) is 55.2 Å². The van der Waals surface area contributed by atoms with E-state index in [-0.39, 0.29) is 5.91 Å². The largest absolute Gasteiger partial charge is 0.481 e. The van der Waals surface area contributed by atoms with Gasteiger partial charge in [0.2, 0.25) is 0 Å². The van der Waals surface area contributed by atoms with Crippen LogP contribution in [0.4, 0.5) is 4.39 Å². The summed E-state index contributed by atoms with van der Waals surface area (Å²) in [6, 6.07) is 13.2. The summed E-state index contributed by atoms with van der Waals surface area (Å²) in [6.07, 6.45) is 1.28. The Labute approximate surface area is 143 Å². The van der Waals surface area contributed by atoms with E-state index in [1.807, 2.05) is 6.07 Å². The molecule has 4 rings (SSSR count). The highest BCUT2D eigenvalue weighted by molar-refractivity contribution is 6.04. The number of fused-ring (bicyclic) bond motifs is 3. The van der Waals surface area contributed by atoms with Gasteiger partial charge in [-0.15, -0.1) is 0 Å². The number of carbonyl (C=O) groups excluding carboxylic acids is 1. The number of carboxylic acid groups (broad SMARTS) is 1. The molecule has 2 aromatic carbocycles. The summed E-state index contributed by atoms with van der Waals surface area (Å²) in [5.74, 6) is -1.91. The maximum Gasteiger partial charge on any atom is 0.306 e. The highest BCUT2D eigenvalue weighted by Crippen LogP contribution is 2.35. The van der Waals surface area contributed by atoms with Gasteiger partial charge in [0.1, 0.15) is 5.82 Å². The summed E-state index contributed by atoms with van der Waals surface area (Å²) in [6.45, 7) is 0. The molecule has 4 nitrogen and oxygen atoms in total. The molecule has 0 spiro atoms. The Morgan fingerprint density at radius 1 is 1.12 bits per heavy atom. The number of rotatable bonds is 2. The lowest BCUT2D eigenvalue weighted by atomic mass is 9.86. The van der Waals surface area contributed by atoms with Crippen LogP contribution in [0.2, 0.25) is 0 Å². The molecule has 0 saturated carbocycles. The van der Waals surface area contributed by atoms with E-state index in [0.717, 1.165) is 11.3 Å². The third-order valence-corrected chi connectivity index (χ3v) is 4.90. The predicted molar refractivity (Wildman–Crippen MR) is 91.2 cm³/mol. The Morgan fingerprint density at radius 3 is 2.60 bits per heavy atom. The third-order valence-electron chi connectivity index (χ3n) is 4.90. The molecule has 1 aromatic heterocycles. The molecular weight excluding hydrogens is 321 g/mol. The molecule has 126 valence electrons. The molecule has 0 radical (unpaired) electrons. The molecule has 1 unspecified atom stereocenters. The molecule has 0 aliphatic heterocycles. The Hall–Kier alpha value is -2.95. The molecule has 1 aliphatic carbocycles. The molecule has 1 heterocycles. The van der Waals surface area contributed by atoms with Crippen LogP contribution in [0.3, 0.4) is 0 Å². The van der Waals surface area contributed by atoms with Crippen LogP contribution in [0, 0.1) is 11.7 Å². The summed E-state index contributed by atoms with van der Waals surface area (Å²) in [5, 5.41) is 9.97. The van der Waals surface area contributed by atoms with Crippen molar-refractivity contribution in [3.8, 4) is 0 Å². The van der Waals surface area contributed by atoms with Crippen molar-refractivity contribution in [2.24, 2.45) is 5.92 Å². The molecule has 0 saturated heterocycles. The first kappa shape index (κ1) is 15.6. The van der Waals surface area contributed by atoms with Gasteiger partial charge in [0.25, 0.3) is 5.91 Å². The zero-order chi connectivity index (χ0) is 17.6. The van der Waals surface area contributed by atoms with E-state index in [1.54, 1.807) is 34.9 Å². The second kappa shape index (κ2) is 5.84. The summed E-state index contributed by atoms with van der Waals surface area (Å²) >= 11 is 0. The lowest BCUT2D eigenvalue weighted by Crippen LogP contribution is -2.24. The van der Waals surface area contributed by atoms with Crippen LogP contribution in [-0.2, 0) is 17.6 Å². The first-order valence-electron chi connectivity index (χ1n) is 8.20. The van der Waals surface area contributed by atoms with Gasteiger partial charge in [-0.1, -0.05) is 18.2 Å². The highest BCUT2D eigenvalue weighted by Gasteiger charge is 2.31. The second-order valence-corrected chi connectivity index (χ2v) is 6.37. The number of carbonyl (C=O) groups is 2. The van der Waals surface area contributed by atoms with Crippen molar-refractivity contribution in [3.05, 3.63) is 71.2 Å². The van der Waals surface area contributed by atoms with Crippen molar-refractivity contribution < 1.29 is 19.1 Å². The van der Waals surface area contributed by atoms with Gasteiger partial charge >= 0.3 is 5.97 Å². The summed E-state index contributed by atoms with van der Waals surface area (Å²) in [7, 11) is 0. The van der Waals surface area contributed by atoms with Crippen molar-refractivity contribution in [1.82, 2.24) is 4.57 Å². The third kappa shape index (κ3) is 2.52.